The third-order valence-electron chi connectivity index (χ3n) is 4.96. The molecule has 0 aliphatic heterocycles. The summed E-state index contributed by atoms with van der Waals surface area (Å²) in [5.74, 6) is 1.66. The smallest absolute Gasteiger partial charge is 0.191 e. The summed E-state index contributed by atoms with van der Waals surface area (Å²) in [6.07, 6.45) is 0.911. The minimum absolute atomic E-state index is 0.673. The van der Waals surface area contributed by atoms with Gasteiger partial charge in [0, 0.05) is 31.4 Å². The highest BCUT2D eigenvalue weighted by atomic mass is 16.5. The van der Waals surface area contributed by atoms with Crippen molar-refractivity contribution in [1.29, 1.82) is 0 Å². The molecule has 2 aromatic carbocycles. The molecular formula is C23H29N5O. The maximum Gasteiger partial charge on any atom is 0.191 e. The van der Waals surface area contributed by atoms with E-state index in [1.54, 1.807) is 14.2 Å². The van der Waals surface area contributed by atoms with Gasteiger partial charge in [0.15, 0.2) is 5.96 Å². The fourth-order valence-electron chi connectivity index (χ4n) is 3.26. The van der Waals surface area contributed by atoms with Gasteiger partial charge in [-0.1, -0.05) is 30.3 Å². The topological polar surface area (TPSA) is 63.5 Å². The van der Waals surface area contributed by atoms with Gasteiger partial charge in [0.25, 0.3) is 0 Å². The fraction of sp³-hybridized carbons (Fsp3) is 0.304. The zero-order chi connectivity index (χ0) is 20.6. The van der Waals surface area contributed by atoms with E-state index in [1.807, 2.05) is 41.9 Å². The van der Waals surface area contributed by atoms with Crippen LogP contribution in [0.2, 0.25) is 0 Å². The molecule has 3 rings (SSSR count). The highest BCUT2D eigenvalue weighted by Gasteiger charge is 2.13. The Morgan fingerprint density at radius 2 is 1.76 bits per heavy atom. The second kappa shape index (κ2) is 9.78. The number of ether oxygens (including phenoxy) is 1. The van der Waals surface area contributed by atoms with Crippen LogP contribution >= 0.6 is 0 Å². The quantitative estimate of drug-likeness (QED) is 0.479. The largest absolute Gasteiger partial charge is 0.497 e. The van der Waals surface area contributed by atoms with Gasteiger partial charge in [-0.3, -0.25) is 4.99 Å². The maximum absolute atomic E-state index is 5.20. The van der Waals surface area contributed by atoms with Crippen LogP contribution < -0.4 is 15.4 Å². The number of methoxy groups -OCH3 is 1. The lowest BCUT2D eigenvalue weighted by Crippen LogP contribution is -2.38. The molecule has 0 aliphatic rings. The lowest BCUT2D eigenvalue weighted by molar-refractivity contribution is 0.414. The van der Waals surface area contributed by atoms with Gasteiger partial charge in [-0.15, -0.1) is 0 Å². The second-order valence-corrected chi connectivity index (χ2v) is 6.85. The molecule has 0 radical (unpaired) electrons. The third-order valence-corrected chi connectivity index (χ3v) is 4.96. The van der Waals surface area contributed by atoms with Crippen molar-refractivity contribution in [2.45, 2.75) is 26.8 Å². The van der Waals surface area contributed by atoms with Crippen molar-refractivity contribution in [2.75, 3.05) is 20.7 Å². The first-order valence-corrected chi connectivity index (χ1v) is 9.80. The van der Waals surface area contributed by atoms with Crippen LogP contribution in [0.5, 0.6) is 5.75 Å². The van der Waals surface area contributed by atoms with Crippen LogP contribution in [0.15, 0.2) is 59.6 Å². The number of nitrogens with zero attached hydrogens (tertiary/aromatic N) is 3. The van der Waals surface area contributed by atoms with E-state index in [4.69, 9.17) is 9.84 Å². The van der Waals surface area contributed by atoms with Gasteiger partial charge in [-0.05, 0) is 50.1 Å². The summed E-state index contributed by atoms with van der Waals surface area (Å²) in [4.78, 5) is 4.33. The van der Waals surface area contributed by atoms with Crippen molar-refractivity contribution in [1.82, 2.24) is 20.4 Å². The Balaban J connectivity index is 1.56. The molecule has 3 aromatic rings. The third kappa shape index (κ3) is 5.16. The van der Waals surface area contributed by atoms with E-state index in [-0.39, 0.29) is 0 Å². The summed E-state index contributed by atoms with van der Waals surface area (Å²) < 4.78 is 7.19. The van der Waals surface area contributed by atoms with Gasteiger partial charge >= 0.3 is 0 Å². The van der Waals surface area contributed by atoms with Crippen LogP contribution in [-0.4, -0.2) is 36.4 Å². The van der Waals surface area contributed by atoms with E-state index in [0.717, 1.165) is 41.7 Å². The van der Waals surface area contributed by atoms with Gasteiger partial charge in [-0.25, -0.2) is 4.68 Å². The fourth-order valence-corrected chi connectivity index (χ4v) is 3.26. The molecule has 1 aromatic heterocycles. The standard InChI is InChI=1S/C23H29N5O/c1-17-22(18(2)28(27-17)20-8-6-5-7-9-20)16-26-23(24-3)25-15-14-19-10-12-21(29-4)13-11-19/h5-13H,14-16H2,1-4H3,(H2,24,25,26). The van der Waals surface area contributed by atoms with E-state index < -0.39 is 0 Å². The Bertz CT molecular complexity index is 945. The summed E-state index contributed by atoms with van der Waals surface area (Å²) in [6.45, 7) is 5.62. The summed E-state index contributed by atoms with van der Waals surface area (Å²) in [5, 5.41) is 11.5. The van der Waals surface area contributed by atoms with Gasteiger partial charge in [0.2, 0.25) is 0 Å². The molecule has 1 heterocycles. The van der Waals surface area contributed by atoms with Crippen molar-refractivity contribution in [3.8, 4) is 11.4 Å². The summed E-state index contributed by atoms with van der Waals surface area (Å²) in [7, 11) is 3.47. The SMILES string of the molecule is CN=C(NCCc1ccc(OC)cc1)NCc1c(C)nn(-c2ccccc2)c1C. The molecule has 2 N–H and O–H groups in total. The first-order chi connectivity index (χ1) is 14.1. The molecule has 152 valence electrons. The zero-order valence-corrected chi connectivity index (χ0v) is 17.6. The minimum atomic E-state index is 0.673. The highest BCUT2D eigenvalue weighted by Crippen LogP contribution is 2.17. The maximum atomic E-state index is 5.20. The lowest BCUT2D eigenvalue weighted by Gasteiger charge is -2.12. The van der Waals surface area contributed by atoms with Crippen LogP contribution in [0.3, 0.4) is 0 Å². The number of hydrogen-bond donors (Lipinski definition) is 2. The van der Waals surface area contributed by atoms with Crippen LogP contribution in [0.4, 0.5) is 0 Å². The molecule has 0 saturated heterocycles. The Hall–Kier alpha value is -3.28. The average Bonchev–Trinajstić information content (AvgIpc) is 3.05. The summed E-state index contributed by atoms with van der Waals surface area (Å²) >= 11 is 0. The van der Waals surface area contributed by atoms with Crippen LogP contribution in [0.25, 0.3) is 5.69 Å². The first-order valence-electron chi connectivity index (χ1n) is 9.80. The number of nitrogens with one attached hydrogen (secondary N) is 2. The van der Waals surface area contributed by atoms with Gasteiger partial charge in [0.1, 0.15) is 5.75 Å². The number of guanidine groups is 1. The van der Waals surface area contributed by atoms with Crippen molar-refractivity contribution in [2.24, 2.45) is 4.99 Å². The van der Waals surface area contributed by atoms with E-state index in [9.17, 15) is 0 Å². The Labute approximate surface area is 172 Å². The van der Waals surface area contributed by atoms with Crippen LogP contribution in [0, 0.1) is 13.8 Å². The first kappa shape index (κ1) is 20.5. The Morgan fingerprint density at radius 1 is 1.03 bits per heavy atom. The van der Waals surface area contributed by atoms with Gasteiger partial charge in [0.05, 0.1) is 18.5 Å². The molecule has 0 bridgehead atoms. The van der Waals surface area contributed by atoms with Crippen LogP contribution in [-0.2, 0) is 13.0 Å². The molecule has 0 fully saturated rings. The molecule has 0 aliphatic carbocycles. The highest BCUT2D eigenvalue weighted by molar-refractivity contribution is 5.79. The van der Waals surface area contributed by atoms with Gasteiger partial charge < -0.3 is 15.4 Å². The molecule has 0 unspecified atom stereocenters. The predicted octanol–water partition coefficient (Wildman–Crippen LogP) is 3.41. The number of para-hydroxylation sites is 1. The number of aryl methyl sites for hydroxylation is 1. The van der Waals surface area contributed by atoms with E-state index in [1.165, 1.54) is 11.1 Å². The zero-order valence-electron chi connectivity index (χ0n) is 17.6. The number of hydrogen-bond acceptors (Lipinski definition) is 3. The van der Waals surface area contributed by atoms with E-state index in [0.29, 0.717) is 6.54 Å². The minimum Gasteiger partial charge on any atom is -0.497 e. The normalized spacial score (nSPS) is 11.4. The number of aliphatic imine (C=N–C) groups is 1. The predicted molar refractivity (Wildman–Crippen MR) is 118 cm³/mol. The van der Waals surface area contributed by atoms with E-state index in [2.05, 4.69) is 46.8 Å². The molecule has 0 atom stereocenters. The average molecular weight is 392 g/mol. The second-order valence-electron chi connectivity index (χ2n) is 6.85. The summed E-state index contributed by atoms with van der Waals surface area (Å²) in [6, 6.07) is 18.3. The summed E-state index contributed by atoms with van der Waals surface area (Å²) in [5.41, 5.74) is 5.67. The Morgan fingerprint density at radius 3 is 2.41 bits per heavy atom. The Kier molecular flexibility index (Phi) is 6.89. The van der Waals surface area contributed by atoms with Gasteiger partial charge in [-0.2, -0.15) is 5.10 Å². The van der Waals surface area contributed by atoms with Crippen LogP contribution in [0.1, 0.15) is 22.5 Å². The number of rotatable bonds is 7. The number of aromatic nitrogens is 2. The molecule has 29 heavy (non-hydrogen) atoms. The lowest BCUT2D eigenvalue weighted by atomic mass is 10.1. The van der Waals surface area contributed by atoms with Crippen molar-refractivity contribution in [3.05, 3.63) is 77.1 Å². The molecular weight excluding hydrogens is 362 g/mol. The van der Waals surface area contributed by atoms with E-state index >= 15 is 0 Å². The molecule has 0 spiro atoms. The molecule has 6 nitrogen and oxygen atoms in total. The molecule has 0 amide bonds. The van der Waals surface area contributed by atoms with Crippen molar-refractivity contribution in [3.63, 3.8) is 0 Å². The molecule has 6 heteroatoms. The number of benzene rings is 2. The van der Waals surface area contributed by atoms with Crippen molar-refractivity contribution >= 4 is 5.96 Å². The molecule has 0 saturated carbocycles. The monoisotopic (exact) mass is 391 g/mol. The van der Waals surface area contributed by atoms with Crippen molar-refractivity contribution < 1.29 is 4.74 Å².